The molecule has 0 saturated heterocycles. The molecule has 0 aliphatic carbocycles. The summed E-state index contributed by atoms with van der Waals surface area (Å²) in [5, 5.41) is 12.1. The van der Waals surface area contributed by atoms with Gasteiger partial charge in [0, 0.05) is 6.42 Å². The fraction of sp³-hybridized carbons (Fsp3) is 0.562. The third kappa shape index (κ3) is 4.25. The predicted octanol–water partition coefficient (Wildman–Crippen LogP) is 3.25. The summed E-state index contributed by atoms with van der Waals surface area (Å²) < 4.78 is 5.87. The molecule has 0 aliphatic heterocycles. The average molecular weight is 260 g/mol. The second-order valence-electron chi connectivity index (χ2n) is 6.04. The molecule has 0 bridgehead atoms. The van der Waals surface area contributed by atoms with E-state index in [4.69, 9.17) is 10.00 Å². The maximum Gasteiger partial charge on any atom is 0.123 e. The number of benzene rings is 1. The van der Waals surface area contributed by atoms with E-state index in [1.54, 1.807) is 7.05 Å². The van der Waals surface area contributed by atoms with Crippen molar-refractivity contribution in [1.82, 2.24) is 5.32 Å². The molecule has 0 radical (unpaired) electrons. The van der Waals surface area contributed by atoms with Crippen LogP contribution in [-0.2, 0) is 5.41 Å². The number of hydrogen-bond acceptors (Lipinski definition) is 3. The van der Waals surface area contributed by atoms with Crippen molar-refractivity contribution < 1.29 is 4.74 Å². The van der Waals surface area contributed by atoms with E-state index in [2.05, 4.69) is 38.2 Å². The Labute approximate surface area is 116 Å². The number of rotatable bonds is 5. The summed E-state index contributed by atoms with van der Waals surface area (Å²) in [6, 6.07) is 10.4. The van der Waals surface area contributed by atoms with Gasteiger partial charge < -0.3 is 10.1 Å². The van der Waals surface area contributed by atoms with Crippen LogP contribution in [0.5, 0.6) is 5.75 Å². The number of nitrogens with zero attached hydrogens (tertiary/aromatic N) is 1. The van der Waals surface area contributed by atoms with E-state index in [-0.39, 0.29) is 5.41 Å². The minimum atomic E-state index is -0.531. The molecule has 0 spiro atoms. The Morgan fingerprint density at radius 2 is 1.84 bits per heavy atom. The van der Waals surface area contributed by atoms with E-state index in [1.165, 1.54) is 5.56 Å². The summed E-state index contributed by atoms with van der Waals surface area (Å²) in [5.41, 5.74) is 0.715. The fourth-order valence-electron chi connectivity index (χ4n) is 1.81. The van der Waals surface area contributed by atoms with Crippen LogP contribution in [0.3, 0.4) is 0 Å². The third-order valence-electron chi connectivity index (χ3n) is 3.35. The van der Waals surface area contributed by atoms with Crippen LogP contribution in [0, 0.1) is 11.3 Å². The molecule has 19 heavy (non-hydrogen) atoms. The van der Waals surface area contributed by atoms with E-state index >= 15 is 0 Å². The summed E-state index contributed by atoms with van der Waals surface area (Å²) in [6.07, 6.45) is 0.651. The summed E-state index contributed by atoms with van der Waals surface area (Å²) >= 11 is 0. The first kappa shape index (κ1) is 15.5. The molecular formula is C16H24N2O. The van der Waals surface area contributed by atoms with E-state index in [1.807, 2.05) is 25.1 Å². The Balaban J connectivity index is 2.72. The molecule has 1 rings (SSSR count). The van der Waals surface area contributed by atoms with E-state index in [9.17, 15) is 0 Å². The molecule has 1 aromatic carbocycles. The highest BCUT2D eigenvalue weighted by Crippen LogP contribution is 2.31. The summed E-state index contributed by atoms with van der Waals surface area (Å²) in [4.78, 5) is 0. The van der Waals surface area contributed by atoms with Crippen LogP contribution in [0.15, 0.2) is 24.3 Å². The molecule has 3 heteroatoms. The molecule has 3 nitrogen and oxygen atoms in total. The van der Waals surface area contributed by atoms with Crippen molar-refractivity contribution in [3.63, 3.8) is 0 Å². The second-order valence-corrected chi connectivity index (χ2v) is 6.04. The van der Waals surface area contributed by atoms with Gasteiger partial charge in [-0.15, -0.1) is 0 Å². The van der Waals surface area contributed by atoms with Gasteiger partial charge in [-0.3, -0.25) is 0 Å². The number of nitrogens with one attached hydrogen (secondary N) is 1. The van der Waals surface area contributed by atoms with Crippen molar-refractivity contribution in [3.8, 4) is 11.8 Å². The monoisotopic (exact) mass is 260 g/mol. The maximum atomic E-state index is 9.10. The molecular weight excluding hydrogens is 236 g/mol. The highest BCUT2D eigenvalue weighted by molar-refractivity contribution is 5.38. The Kier molecular flexibility index (Phi) is 4.97. The minimum absolute atomic E-state index is 0.0537. The zero-order valence-electron chi connectivity index (χ0n) is 12.6. The van der Waals surface area contributed by atoms with Crippen LogP contribution in [0.25, 0.3) is 0 Å². The lowest BCUT2D eigenvalue weighted by atomic mass is 9.86. The number of ether oxygens (including phenoxy) is 1. The number of para-hydroxylation sites is 1. The Morgan fingerprint density at radius 1 is 1.21 bits per heavy atom. The quantitative estimate of drug-likeness (QED) is 0.884. The van der Waals surface area contributed by atoms with Gasteiger partial charge in [0.25, 0.3) is 0 Å². The van der Waals surface area contributed by atoms with Gasteiger partial charge in [-0.1, -0.05) is 39.0 Å². The van der Waals surface area contributed by atoms with E-state index < -0.39 is 5.54 Å². The van der Waals surface area contributed by atoms with Crippen LogP contribution in [0.2, 0.25) is 0 Å². The molecule has 1 unspecified atom stereocenters. The maximum absolute atomic E-state index is 9.10. The normalized spacial score (nSPS) is 14.5. The average Bonchev–Trinajstić information content (AvgIpc) is 2.38. The molecule has 0 heterocycles. The van der Waals surface area contributed by atoms with Crippen LogP contribution in [0.1, 0.15) is 39.7 Å². The van der Waals surface area contributed by atoms with Crippen LogP contribution >= 0.6 is 0 Å². The van der Waals surface area contributed by atoms with Gasteiger partial charge >= 0.3 is 0 Å². The molecule has 104 valence electrons. The predicted molar refractivity (Wildman–Crippen MR) is 78.3 cm³/mol. The van der Waals surface area contributed by atoms with Crippen molar-refractivity contribution in [2.45, 2.75) is 45.1 Å². The van der Waals surface area contributed by atoms with E-state index in [0.717, 1.165) is 5.75 Å². The first-order valence-corrected chi connectivity index (χ1v) is 6.65. The Bertz CT molecular complexity index is 457. The van der Waals surface area contributed by atoms with Gasteiger partial charge in [0.2, 0.25) is 0 Å². The van der Waals surface area contributed by atoms with Gasteiger partial charge in [-0.05, 0) is 31.0 Å². The van der Waals surface area contributed by atoms with Crippen LogP contribution in [0.4, 0.5) is 0 Å². The molecule has 1 atom stereocenters. The number of hydrogen-bond donors (Lipinski definition) is 1. The molecule has 1 N–H and O–H groups in total. The molecule has 0 saturated carbocycles. The van der Waals surface area contributed by atoms with Crippen molar-refractivity contribution in [1.29, 1.82) is 5.26 Å². The van der Waals surface area contributed by atoms with Gasteiger partial charge in [0.1, 0.15) is 11.3 Å². The molecule has 0 aliphatic rings. The van der Waals surface area contributed by atoms with Gasteiger partial charge in [0.15, 0.2) is 0 Å². The largest absolute Gasteiger partial charge is 0.493 e. The summed E-state index contributed by atoms with van der Waals surface area (Å²) in [6.45, 7) is 8.91. The third-order valence-corrected chi connectivity index (χ3v) is 3.35. The van der Waals surface area contributed by atoms with E-state index in [0.29, 0.717) is 13.0 Å². The van der Waals surface area contributed by atoms with Gasteiger partial charge in [-0.2, -0.15) is 5.26 Å². The smallest absolute Gasteiger partial charge is 0.123 e. The Hall–Kier alpha value is -1.53. The van der Waals surface area contributed by atoms with Gasteiger partial charge in [-0.25, -0.2) is 0 Å². The van der Waals surface area contributed by atoms with Gasteiger partial charge in [0.05, 0.1) is 12.7 Å². The SMILES string of the molecule is CNC(C)(C#N)CCOc1ccccc1C(C)(C)C. The lowest BCUT2D eigenvalue weighted by molar-refractivity contribution is 0.267. The number of nitriles is 1. The first-order valence-electron chi connectivity index (χ1n) is 6.65. The van der Waals surface area contributed by atoms with Crippen LogP contribution in [-0.4, -0.2) is 19.2 Å². The molecule has 1 aromatic rings. The highest BCUT2D eigenvalue weighted by Gasteiger charge is 2.22. The summed E-state index contributed by atoms with van der Waals surface area (Å²) in [7, 11) is 1.80. The Morgan fingerprint density at radius 3 is 2.37 bits per heavy atom. The minimum Gasteiger partial charge on any atom is -0.493 e. The zero-order chi connectivity index (χ0) is 14.5. The molecule has 0 amide bonds. The van der Waals surface area contributed by atoms with Crippen molar-refractivity contribution >= 4 is 0 Å². The summed E-state index contributed by atoms with van der Waals surface area (Å²) in [5.74, 6) is 0.909. The highest BCUT2D eigenvalue weighted by atomic mass is 16.5. The van der Waals surface area contributed by atoms with Crippen LogP contribution < -0.4 is 10.1 Å². The van der Waals surface area contributed by atoms with Crippen molar-refractivity contribution in [2.24, 2.45) is 0 Å². The van der Waals surface area contributed by atoms with Crippen molar-refractivity contribution in [3.05, 3.63) is 29.8 Å². The molecule has 0 fully saturated rings. The topological polar surface area (TPSA) is 45.0 Å². The standard InChI is InChI=1S/C16H24N2O/c1-15(2,3)13-8-6-7-9-14(13)19-11-10-16(4,12-17)18-5/h6-9,18H,10-11H2,1-5H3. The molecule has 0 aromatic heterocycles. The second kappa shape index (κ2) is 6.08. The first-order chi connectivity index (χ1) is 8.82. The lowest BCUT2D eigenvalue weighted by Crippen LogP contribution is -2.39. The van der Waals surface area contributed by atoms with Crippen molar-refractivity contribution in [2.75, 3.05) is 13.7 Å². The fourth-order valence-corrected chi connectivity index (χ4v) is 1.81. The zero-order valence-corrected chi connectivity index (χ0v) is 12.6. The lowest BCUT2D eigenvalue weighted by Gasteiger charge is -2.24.